The van der Waals surface area contributed by atoms with E-state index >= 15 is 0 Å². The molecule has 0 amide bonds. The number of anilines is 4. The molecule has 0 saturated heterocycles. The Hall–Kier alpha value is -1.89. The summed E-state index contributed by atoms with van der Waals surface area (Å²) >= 11 is 1.59. The largest absolute Gasteiger partial charge is 0.393 e. The average molecular weight is 292 g/mol. The standard InChI is InChI=1S/C13H20N6S/c1-4-5-6-15-11-10(14)12(17-7-16-11)19-13-18-8(2)9(3)20-13/h7H,4-6,14H2,1-3H3,(H2,15,16,17,18,19). The lowest BCUT2D eigenvalue weighted by atomic mass is 10.3. The maximum Gasteiger partial charge on any atom is 0.188 e. The molecule has 20 heavy (non-hydrogen) atoms. The molecule has 7 heteroatoms. The number of hydrogen-bond donors (Lipinski definition) is 3. The number of aromatic nitrogens is 3. The van der Waals surface area contributed by atoms with Gasteiger partial charge < -0.3 is 16.4 Å². The van der Waals surface area contributed by atoms with Gasteiger partial charge in [0, 0.05) is 11.4 Å². The Morgan fingerprint density at radius 1 is 1.25 bits per heavy atom. The van der Waals surface area contributed by atoms with Crippen LogP contribution in [0.4, 0.5) is 22.5 Å². The van der Waals surface area contributed by atoms with Crippen molar-refractivity contribution in [1.82, 2.24) is 15.0 Å². The zero-order valence-electron chi connectivity index (χ0n) is 12.0. The van der Waals surface area contributed by atoms with Gasteiger partial charge in [0.2, 0.25) is 0 Å². The summed E-state index contributed by atoms with van der Waals surface area (Å²) < 4.78 is 0. The lowest BCUT2D eigenvalue weighted by Crippen LogP contribution is -2.08. The molecule has 0 spiro atoms. The minimum atomic E-state index is 0.522. The van der Waals surface area contributed by atoms with Crippen LogP contribution in [-0.2, 0) is 0 Å². The fourth-order valence-corrected chi connectivity index (χ4v) is 2.46. The van der Waals surface area contributed by atoms with Crippen LogP contribution in [0.5, 0.6) is 0 Å². The van der Waals surface area contributed by atoms with Crippen molar-refractivity contribution in [2.75, 3.05) is 22.9 Å². The van der Waals surface area contributed by atoms with Crippen LogP contribution in [0.25, 0.3) is 0 Å². The highest BCUT2D eigenvalue weighted by molar-refractivity contribution is 7.15. The van der Waals surface area contributed by atoms with Crippen LogP contribution in [0.15, 0.2) is 6.33 Å². The number of nitrogens with two attached hydrogens (primary N) is 1. The zero-order valence-corrected chi connectivity index (χ0v) is 12.8. The van der Waals surface area contributed by atoms with E-state index < -0.39 is 0 Å². The molecule has 0 saturated carbocycles. The van der Waals surface area contributed by atoms with Gasteiger partial charge in [-0.15, -0.1) is 11.3 Å². The van der Waals surface area contributed by atoms with Crippen LogP contribution in [0.3, 0.4) is 0 Å². The van der Waals surface area contributed by atoms with Gasteiger partial charge in [0.05, 0.1) is 5.69 Å². The van der Waals surface area contributed by atoms with Crippen molar-refractivity contribution in [3.63, 3.8) is 0 Å². The van der Waals surface area contributed by atoms with Gasteiger partial charge in [-0.05, 0) is 20.3 Å². The van der Waals surface area contributed by atoms with E-state index in [0.717, 1.165) is 30.2 Å². The minimum Gasteiger partial charge on any atom is -0.393 e. The van der Waals surface area contributed by atoms with E-state index in [4.69, 9.17) is 5.73 Å². The van der Waals surface area contributed by atoms with E-state index in [2.05, 4.69) is 32.5 Å². The molecule has 2 heterocycles. The third-order valence-electron chi connectivity index (χ3n) is 2.96. The Labute approximate surface area is 122 Å². The molecule has 0 aromatic carbocycles. The van der Waals surface area contributed by atoms with Crippen molar-refractivity contribution in [3.8, 4) is 0 Å². The zero-order chi connectivity index (χ0) is 14.5. The summed E-state index contributed by atoms with van der Waals surface area (Å²) in [7, 11) is 0. The first kappa shape index (κ1) is 14.5. The number of aryl methyl sites for hydroxylation is 2. The van der Waals surface area contributed by atoms with Gasteiger partial charge in [-0.1, -0.05) is 13.3 Å². The Bertz CT molecular complexity index is 561. The molecule has 0 unspecified atom stereocenters. The van der Waals surface area contributed by atoms with Gasteiger partial charge in [-0.25, -0.2) is 15.0 Å². The van der Waals surface area contributed by atoms with Crippen molar-refractivity contribution in [1.29, 1.82) is 0 Å². The van der Waals surface area contributed by atoms with E-state index in [1.165, 1.54) is 11.2 Å². The topological polar surface area (TPSA) is 88.8 Å². The smallest absolute Gasteiger partial charge is 0.188 e. The van der Waals surface area contributed by atoms with E-state index in [1.807, 2.05) is 13.8 Å². The fourth-order valence-electron chi connectivity index (χ4n) is 1.65. The van der Waals surface area contributed by atoms with Crippen molar-refractivity contribution >= 4 is 33.8 Å². The quantitative estimate of drug-likeness (QED) is 0.709. The van der Waals surface area contributed by atoms with Gasteiger partial charge >= 0.3 is 0 Å². The van der Waals surface area contributed by atoms with E-state index in [9.17, 15) is 0 Å². The second-order valence-electron chi connectivity index (χ2n) is 4.55. The normalized spacial score (nSPS) is 10.6. The third-order valence-corrected chi connectivity index (χ3v) is 3.95. The molecule has 0 radical (unpaired) electrons. The monoisotopic (exact) mass is 292 g/mol. The molecule has 108 valence electrons. The number of rotatable bonds is 6. The van der Waals surface area contributed by atoms with Crippen molar-refractivity contribution in [2.24, 2.45) is 0 Å². The SMILES string of the molecule is CCCCNc1ncnc(Nc2nc(C)c(C)s2)c1N. The molecule has 2 aromatic rings. The molecular weight excluding hydrogens is 272 g/mol. The van der Waals surface area contributed by atoms with Crippen molar-refractivity contribution < 1.29 is 0 Å². The summed E-state index contributed by atoms with van der Waals surface area (Å²) in [5, 5.41) is 7.18. The predicted molar refractivity (Wildman–Crippen MR) is 84.7 cm³/mol. The van der Waals surface area contributed by atoms with Gasteiger partial charge in [0.15, 0.2) is 16.8 Å². The molecule has 0 atom stereocenters. The average Bonchev–Trinajstić information content (AvgIpc) is 2.73. The molecule has 2 aromatic heterocycles. The Kier molecular flexibility index (Phi) is 4.73. The lowest BCUT2D eigenvalue weighted by molar-refractivity contribution is 0.831. The molecule has 2 rings (SSSR count). The number of thiazole rings is 1. The fraction of sp³-hybridized carbons (Fsp3) is 0.462. The minimum absolute atomic E-state index is 0.522. The lowest BCUT2D eigenvalue weighted by Gasteiger charge is -2.10. The summed E-state index contributed by atoms with van der Waals surface area (Å²) in [6.07, 6.45) is 3.71. The molecular formula is C13H20N6S. The van der Waals surface area contributed by atoms with Crippen molar-refractivity contribution in [2.45, 2.75) is 33.6 Å². The second-order valence-corrected chi connectivity index (χ2v) is 5.75. The van der Waals surface area contributed by atoms with Gasteiger partial charge in [0.25, 0.3) is 0 Å². The van der Waals surface area contributed by atoms with Gasteiger partial charge in [0.1, 0.15) is 12.0 Å². The highest BCUT2D eigenvalue weighted by Gasteiger charge is 2.10. The summed E-state index contributed by atoms with van der Waals surface area (Å²) in [6, 6.07) is 0. The van der Waals surface area contributed by atoms with Crippen LogP contribution in [0.2, 0.25) is 0 Å². The van der Waals surface area contributed by atoms with E-state index in [0.29, 0.717) is 17.3 Å². The Morgan fingerprint density at radius 2 is 2.00 bits per heavy atom. The first-order valence-electron chi connectivity index (χ1n) is 6.67. The Balaban J connectivity index is 2.13. The van der Waals surface area contributed by atoms with Crippen LogP contribution in [0.1, 0.15) is 30.3 Å². The molecule has 4 N–H and O–H groups in total. The summed E-state index contributed by atoms with van der Waals surface area (Å²) in [6.45, 7) is 7.02. The van der Waals surface area contributed by atoms with Gasteiger partial charge in [-0.2, -0.15) is 0 Å². The number of unbranched alkanes of at least 4 members (excludes halogenated alkanes) is 1. The summed E-state index contributed by atoms with van der Waals surface area (Å²) in [5.74, 6) is 1.26. The van der Waals surface area contributed by atoms with Crippen LogP contribution in [0, 0.1) is 13.8 Å². The molecule has 6 nitrogen and oxygen atoms in total. The molecule has 0 aliphatic heterocycles. The highest BCUT2D eigenvalue weighted by atomic mass is 32.1. The first-order valence-corrected chi connectivity index (χ1v) is 7.48. The number of nitrogen functional groups attached to an aromatic ring is 1. The third kappa shape index (κ3) is 3.36. The van der Waals surface area contributed by atoms with Crippen LogP contribution < -0.4 is 16.4 Å². The maximum absolute atomic E-state index is 6.09. The predicted octanol–water partition coefficient (Wildman–Crippen LogP) is 3.09. The van der Waals surface area contributed by atoms with E-state index in [-0.39, 0.29) is 0 Å². The highest BCUT2D eigenvalue weighted by Crippen LogP contribution is 2.29. The number of nitrogens with zero attached hydrogens (tertiary/aromatic N) is 3. The summed E-state index contributed by atoms with van der Waals surface area (Å²) in [4.78, 5) is 14.0. The van der Waals surface area contributed by atoms with Crippen LogP contribution in [-0.4, -0.2) is 21.5 Å². The number of hydrogen-bond acceptors (Lipinski definition) is 7. The first-order chi connectivity index (χ1) is 9.61. The summed E-state index contributed by atoms with van der Waals surface area (Å²) in [5.41, 5.74) is 7.63. The molecule has 0 aliphatic carbocycles. The molecule has 0 aliphatic rings. The number of nitrogens with one attached hydrogen (secondary N) is 2. The van der Waals surface area contributed by atoms with Crippen molar-refractivity contribution in [3.05, 3.63) is 16.9 Å². The molecule has 0 fully saturated rings. The van der Waals surface area contributed by atoms with Crippen LogP contribution >= 0.6 is 11.3 Å². The molecule has 0 bridgehead atoms. The van der Waals surface area contributed by atoms with E-state index in [1.54, 1.807) is 11.3 Å². The Morgan fingerprint density at radius 3 is 2.65 bits per heavy atom. The second kappa shape index (κ2) is 6.51. The maximum atomic E-state index is 6.09. The van der Waals surface area contributed by atoms with Gasteiger partial charge in [-0.3, -0.25) is 0 Å².